The average Bonchev–Trinajstić information content (AvgIpc) is 3.78. The lowest BCUT2D eigenvalue weighted by Crippen LogP contribution is -2.47. The van der Waals surface area contributed by atoms with Crippen molar-refractivity contribution in [2.45, 2.75) is 111 Å². The molecule has 0 heterocycles. The Morgan fingerprint density at radius 3 is 2.45 bits per heavy atom. The van der Waals surface area contributed by atoms with Gasteiger partial charge >= 0.3 is 0 Å². The minimum absolute atomic E-state index is 0.0288. The number of benzene rings is 1. The zero-order chi connectivity index (χ0) is 35.5. The van der Waals surface area contributed by atoms with Crippen LogP contribution in [0.1, 0.15) is 108 Å². The number of nitrogens with one attached hydrogen (secondary N) is 3. The number of carbonyl (C=O) groups is 2. The first kappa shape index (κ1) is 39.0. The van der Waals surface area contributed by atoms with Gasteiger partial charge in [0.05, 0.1) is 18.0 Å². The van der Waals surface area contributed by atoms with Crippen molar-refractivity contribution in [3.8, 4) is 6.07 Å². The van der Waals surface area contributed by atoms with E-state index < -0.39 is 17.4 Å². The van der Waals surface area contributed by atoms with Gasteiger partial charge in [0.1, 0.15) is 6.04 Å². The van der Waals surface area contributed by atoms with Crippen LogP contribution in [0.5, 0.6) is 0 Å². The van der Waals surface area contributed by atoms with Crippen LogP contribution in [-0.2, 0) is 21.4 Å². The smallest absolute Gasteiger partial charge is 0.248 e. The Labute approximate surface area is 281 Å². The minimum Gasteiger partial charge on any atom is -0.429 e. The number of fused-ring (bicyclic) bond motifs is 1. The predicted molar refractivity (Wildman–Crippen MR) is 189 cm³/mol. The highest BCUT2D eigenvalue weighted by Crippen LogP contribution is 2.45. The zero-order valence-electron chi connectivity index (χ0n) is 29.4. The summed E-state index contributed by atoms with van der Waals surface area (Å²) in [5.74, 6) is -0.402. The van der Waals surface area contributed by atoms with Gasteiger partial charge in [0.15, 0.2) is 5.90 Å². The van der Waals surface area contributed by atoms with E-state index in [9.17, 15) is 20.3 Å². The molecule has 2 aliphatic carbocycles. The van der Waals surface area contributed by atoms with Crippen molar-refractivity contribution in [1.29, 1.82) is 16.1 Å². The summed E-state index contributed by atoms with van der Waals surface area (Å²) in [6.07, 6.45) is 5.98. The first-order valence-electron chi connectivity index (χ1n) is 16.8. The number of carbonyl (C=O) groups excluding carboxylic acids is 2. The number of nitrogens with zero attached hydrogens (tertiary/aromatic N) is 2. The van der Waals surface area contributed by atoms with E-state index in [-0.39, 0.29) is 30.3 Å². The molecule has 7 N–H and O–H groups in total. The van der Waals surface area contributed by atoms with Crippen LogP contribution >= 0.6 is 0 Å². The van der Waals surface area contributed by atoms with Crippen LogP contribution < -0.4 is 16.8 Å². The van der Waals surface area contributed by atoms with Crippen LogP contribution in [0, 0.1) is 28.1 Å². The summed E-state index contributed by atoms with van der Waals surface area (Å²) >= 11 is 0. The molecule has 1 fully saturated rings. The van der Waals surface area contributed by atoms with E-state index in [1.807, 2.05) is 40.7 Å². The normalized spacial score (nSPS) is 20.8. The summed E-state index contributed by atoms with van der Waals surface area (Å²) in [5, 5.41) is 30.6. The highest BCUT2D eigenvalue weighted by molar-refractivity contribution is 5.98. The van der Waals surface area contributed by atoms with E-state index in [1.54, 1.807) is 24.0 Å². The lowest BCUT2D eigenvalue weighted by atomic mass is 9.69. The Morgan fingerprint density at radius 2 is 1.91 bits per heavy atom. The lowest BCUT2D eigenvalue weighted by Gasteiger charge is -2.37. The summed E-state index contributed by atoms with van der Waals surface area (Å²) < 4.78 is 5.90. The van der Waals surface area contributed by atoms with E-state index in [4.69, 9.17) is 21.6 Å². The molecule has 10 heteroatoms. The molecular formula is C37H55N7O3. The topological polar surface area (TPSA) is 182 Å². The van der Waals surface area contributed by atoms with Crippen molar-refractivity contribution >= 4 is 23.6 Å². The number of rotatable bonds is 14. The van der Waals surface area contributed by atoms with Crippen LogP contribution in [0.2, 0.25) is 0 Å². The average molecular weight is 646 g/mol. The second-order valence-electron chi connectivity index (χ2n) is 12.4. The molecule has 1 aromatic carbocycles. The molecule has 0 spiro atoms. The number of allylic oxidation sites excluding steroid dienone is 3. The number of hydrogen-bond donors (Lipinski definition) is 5. The molecule has 4 atom stereocenters. The van der Waals surface area contributed by atoms with Crippen LogP contribution in [0.3, 0.4) is 0 Å². The van der Waals surface area contributed by atoms with Gasteiger partial charge < -0.3 is 26.4 Å². The van der Waals surface area contributed by atoms with Crippen molar-refractivity contribution in [3.05, 3.63) is 70.0 Å². The Hall–Kier alpha value is -4.23. The molecule has 3 rings (SSSR count). The van der Waals surface area contributed by atoms with Gasteiger partial charge in [-0.3, -0.25) is 20.4 Å². The van der Waals surface area contributed by atoms with E-state index in [1.165, 1.54) is 0 Å². The summed E-state index contributed by atoms with van der Waals surface area (Å²) in [7, 11) is 0. The molecule has 1 aromatic rings. The predicted octanol–water partition coefficient (Wildman–Crippen LogP) is 6.02. The maximum Gasteiger partial charge on any atom is 0.248 e. The van der Waals surface area contributed by atoms with Gasteiger partial charge in [0.2, 0.25) is 17.7 Å². The van der Waals surface area contributed by atoms with Crippen LogP contribution in [0.4, 0.5) is 0 Å². The Kier molecular flexibility index (Phi) is 14.6. The Morgan fingerprint density at radius 1 is 1.26 bits per heavy atom. The fraction of sp³-hybridized carbons (Fsp3) is 0.541. The number of amides is 2. The quantitative estimate of drug-likeness (QED) is 0.0936. The molecule has 0 saturated heterocycles. The Bertz CT molecular complexity index is 1450. The second-order valence-corrected chi connectivity index (χ2v) is 12.4. The van der Waals surface area contributed by atoms with Crippen molar-refractivity contribution < 1.29 is 14.3 Å². The number of hydrogen-bond acceptors (Lipinski definition) is 8. The van der Waals surface area contributed by atoms with Gasteiger partial charge in [0.25, 0.3) is 0 Å². The molecule has 0 bridgehead atoms. The van der Waals surface area contributed by atoms with Gasteiger partial charge in [0, 0.05) is 30.1 Å². The van der Waals surface area contributed by atoms with E-state index >= 15 is 0 Å². The highest BCUT2D eigenvalue weighted by Gasteiger charge is 2.45. The fourth-order valence-corrected chi connectivity index (χ4v) is 6.39. The fourth-order valence-electron chi connectivity index (χ4n) is 6.39. The first-order valence-corrected chi connectivity index (χ1v) is 16.8. The second kappa shape index (κ2) is 17.6. The summed E-state index contributed by atoms with van der Waals surface area (Å²) in [4.78, 5) is 27.3. The molecule has 10 nitrogen and oxygen atoms in total. The molecule has 47 heavy (non-hydrogen) atoms. The van der Waals surface area contributed by atoms with Gasteiger partial charge in [-0.2, -0.15) is 5.26 Å². The molecule has 2 amide bonds. The monoisotopic (exact) mass is 645 g/mol. The number of nitrogens with two attached hydrogens (primary N) is 2. The third-order valence-corrected chi connectivity index (χ3v) is 9.03. The maximum atomic E-state index is 13.4. The largest absolute Gasteiger partial charge is 0.429 e. The standard InChI is InChI=1S/C35H49N7O3.C2H6/c1-7-28(19-36)42(30-17-22(30)4)32(43)20-41-14-13-35(34(40)45-31(38)8-2)24(6)25(16-21(3)15-23(5)37)9-10-26-18-27(33(39)44)11-12-29(26)35;1-2/h11-12,16,18,22,28,30,38,40-41H,5,7-10,13-15,17,20,37H2,1-4,6H3,(H2,39,44);1-2H3/b21-16+,38-31?,40-34?;. The molecule has 2 aliphatic rings. The molecule has 0 aliphatic heterocycles. The summed E-state index contributed by atoms with van der Waals surface area (Å²) in [6.45, 7) is 18.0. The third-order valence-electron chi connectivity index (χ3n) is 9.03. The number of nitriles is 1. The number of ether oxygens (including phenoxy) is 1. The van der Waals surface area contributed by atoms with Crippen molar-refractivity contribution in [2.24, 2.45) is 17.4 Å². The van der Waals surface area contributed by atoms with Crippen molar-refractivity contribution in [1.82, 2.24) is 10.2 Å². The van der Waals surface area contributed by atoms with Gasteiger partial charge in [-0.15, -0.1) is 0 Å². The summed E-state index contributed by atoms with van der Waals surface area (Å²) in [6, 6.07) is 7.20. The molecule has 0 aromatic heterocycles. The Balaban J connectivity index is 0.00000376. The van der Waals surface area contributed by atoms with E-state index in [0.29, 0.717) is 62.2 Å². The van der Waals surface area contributed by atoms with Crippen LogP contribution in [-0.4, -0.2) is 53.7 Å². The van der Waals surface area contributed by atoms with Gasteiger partial charge in [-0.05, 0) is 87.2 Å². The van der Waals surface area contributed by atoms with Gasteiger partial charge in [-0.1, -0.05) is 64.5 Å². The van der Waals surface area contributed by atoms with Crippen LogP contribution in [0.25, 0.3) is 0 Å². The first-order chi connectivity index (χ1) is 22.3. The zero-order valence-corrected chi connectivity index (χ0v) is 29.4. The number of aryl methyl sites for hydroxylation is 1. The maximum absolute atomic E-state index is 13.4. The third kappa shape index (κ3) is 9.41. The summed E-state index contributed by atoms with van der Waals surface area (Å²) in [5.41, 5.74) is 16.0. The minimum atomic E-state index is -1.10. The SMILES string of the molecule is C=C(N)C/C(C)=C/C1=C(C)C(CCNCC(=O)N(C(C#N)CC)C2CC2C)(C(=N)OC(=N)CC)c2ccc(C(N)=O)cc2CC1.CC. The van der Waals surface area contributed by atoms with Gasteiger partial charge in [-0.25, -0.2) is 0 Å². The number of primary amides is 1. The molecule has 256 valence electrons. The van der Waals surface area contributed by atoms with Crippen LogP contribution in [0.15, 0.2) is 53.3 Å². The lowest BCUT2D eigenvalue weighted by molar-refractivity contribution is -0.132. The van der Waals surface area contributed by atoms with E-state index in [0.717, 1.165) is 34.3 Å². The molecule has 0 radical (unpaired) electrons. The molecular weight excluding hydrogens is 590 g/mol. The highest BCUT2D eigenvalue weighted by atomic mass is 16.5. The molecule has 1 saturated carbocycles. The van der Waals surface area contributed by atoms with Crippen molar-refractivity contribution in [3.63, 3.8) is 0 Å². The molecule has 4 unspecified atom stereocenters. The van der Waals surface area contributed by atoms with Crippen molar-refractivity contribution in [2.75, 3.05) is 13.1 Å². The van der Waals surface area contributed by atoms with E-state index in [2.05, 4.69) is 31.0 Å².